The van der Waals surface area contributed by atoms with Crippen molar-refractivity contribution in [1.82, 2.24) is 9.88 Å². The van der Waals surface area contributed by atoms with E-state index in [0.717, 1.165) is 60.4 Å². The molecular weight excluding hydrogens is 432 g/mol. The Morgan fingerprint density at radius 3 is 2.82 bits per heavy atom. The lowest BCUT2D eigenvalue weighted by Crippen LogP contribution is -2.35. The number of unbranched alkanes of at least 4 members (excludes halogenated alkanes) is 1. The van der Waals surface area contributed by atoms with Gasteiger partial charge >= 0.3 is 5.97 Å². The average molecular weight is 465 g/mol. The van der Waals surface area contributed by atoms with E-state index in [2.05, 4.69) is 66.6 Å². The average Bonchev–Trinajstić information content (AvgIpc) is 3.25. The molecule has 0 saturated carbocycles. The van der Waals surface area contributed by atoms with Crippen molar-refractivity contribution in [1.29, 1.82) is 0 Å². The highest BCUT2D eigenvalue weighted by Crippen LogP contribution is 2.35. The van der Waals surface area contributed by atoms with Gasteiger partial charge in [0.05, 0.1) is 22.9 Å². The van der Waals surface area contributed by atoms with Crippen LogP contribution in [-0.4, -0.2) is 48.7 Å². The third-order valence-corrected chi connectivity index (χ3v) is 6.95. The van der Waals surface area contributed by atoms with Gasteiger partial charge in [-0.2, -0.15) is 0 Å². The maximum atomic E-state index is 10.9. The van der Waals surface area contributed by atoms with E-state index in [1.165, 1.54) is 11.6 Å². The molecule has 1 aliphatic heterocycles. The van der Waals surface area contributed by atoms with E-state index < -0.39 is 0 Å². The predicted octanol–water partition coefficient (Wildman–Crippen LogP) is 5.85. The van der Waals surface area contributed by atoms with Crippen LogP contribution >= 0.6 is 11.3 Å². The van der Waals surface area contributed by atoms with Gasteiger partial charge in [-0.05, 0) is 62.1 Å². The third kappa shape index (κ3) is 6.73. The van der Waals surface area contributed by atoms with Crippen LogP contribution in [0.2, 0.25) is 0 Å². The molecule has 6 heteroatoms. The summed E-state index contributed by atoms with van der Waals surface area (Å²) in [7, 11) is 2.17. The Morgan fingerprint density at radius 1 is 1.21 bits per heavy atom. The number of likely N-dealkylation sites (tertiary alicyclic amines) is 1. The van der Waals surface area contributed by atoms with Crippen LogP contribution in [0, 0.1) is 0 Å². The van der Waals surface area contributed by atoms with Gasteiger partial charge < -0.3 is 14.4 Å². The largest absolute Gasteiger partial charge is 0.466 e. The summed E-state index contributed by atoms with van der Waals surface area (Å²) in [6.45, 7) is 4.03. The molecule has 0 N–H and O–H groups in total. The summed E-state index contributed by atoms with van der Waals surface area (Å²) in [6.07, 6.45) is 8.09. The first-order chi connectivity index (χ1) is 16.1. The molecule has 5 nitrogen and oxygen atoms in total. The number of fused-ring (bicyclic) bond motifs is 1. The zero-order valence-corrected chi connectivity index (χ0v) is 20.2. The summed E-state index contributed by atoms with van der Waals surface area (Å²) >= 11 is 1.72. The first-order valence-corrected chi connectivity index (χ1v) is 12.5. The molecule has 1 aromatic heterocycles. The van der Waals surface area contributed by atoms with Gasteiger partial charge in [-0.1, -0.05) is 42.5 Å². The number of ether oxygens (including phenoxy) is 2. The number of esters is 1. The molecule has 0 amide bonds. The van der Waals surface area contributed by atoms with E-state index in [4.69, 9.17) is 14.5 Å². The Morgan fingerprint density at radius 2 is 2.03 bits per heavy atom. The second-order valence-electron chi connectivity index (χ2n) is 8.59. The van der Waals surface area contributed by atoms with Gasteiger partial charge in [0.15, 0.2) is 0 Å². The molecular formula is C27H32N2O3S. The summed E-state index contributed by atoms with van der Waals surface area (Å²) in [6, 6.07) is 16.8. The topological polar surface area (TPSA) is 51.7 Å². The van der Waals surface area contributed by atoms with Gasteiger partial charge in [0.2, 0.25) is 0 Å². The van der Waals surface area contributed by atoms with Gasteiger partial charge in [0, 0.05) is 20.0 Å². The van der Waals surface area contributed by atoms with Gasteiger partial charge in [0.1, 0.15) is 11.1 Å². The zero-order chi connectivity index (χ0) is 23.0. The van der Waals surface area contributed by atoms with E-state index in [1.54, 1.807) is 11.3 Å². The molecule has 4 rings (SSSR count). The Kier molecular flexibility index (Phi) is 8.26. The lowest BCUT2D eigenvalue weighted by molar-refractivity contribution is -0.141. The normalized spacial score (nSPS) is 16.4. The Balaban J connectivity index is 1.52. The van der Waals surface area contributed by atoms with E-state index in [9.17, 15) is 4.79 Å². The number of carbonyl (C=O) groups is 1. The van der Waals surface area contributed by atoms with Gasteiger partial charge in [-0.25, -0.2) is 4.98 Å². The predicted molar refractivity (Wildman–Crippen MR) is 134 cm³/mol. The van der Waals surface area contributed by atoms with Crippen molar-refractivity contribution in [3.8, 4) is 0 Å². The monoisotopic (exact) mass is 464 g/mol. The fourth-order valence-electron chi connectivity index (χ4n) is 4.06. The lowest BCUT2D eigenvalue weighted by atomic mass is 10.0. The molecule has 2 heterocycles. The SMILES string of the molecule is CC(=O)OCCCC=Cc1cccc(C(OC2CCN(C)CC2)c2nc3ccccc3s2)c1. The van der Waals surface area contributed by atoms with Gasteiger partial charge in [0.25, 0.3) is 0 Å². The summed E-state index contributed by atoms with van der Waals surface area (Å²) in [5, 5.41) is 1.01. The summed E-state index contributed by atoms with van der Waals surface area (Å²) in [4.78, 5) is 18.2. The van der Waals surface area contributed by atoms with E-state index in [-0.39, 0.29) is 18.2 Å². The standard InChI is InChI=1S/C27H32N2O3S/c1-20(30)31-18-7-3-4-9-21-10-8-11-22(19-21)26(32-23-14-16-29(2)17-15-23)27-28-24-12-5-6-13-25(24)33-27/h4-6,8-13,19,23,26H,3,7,14-18H2,1-2H3. The molecule has 1 fully saturated rings. The van der Waals surface area contributed by atoms with Crippen LogP contribution in [0.1, 0.15) is 54.8 Å². The highest BCUT2D eigenvalue weighted by molar-refractivity contribution is 7.18. The minimum Gasteiger partial charge on any atom is -0.466 e. The van der Waals surface area contributed by atoms with Crippen LogP contribution in [0.5, 0.6) is 0 Å². The molecule has 0 bridgehead atoms. The number of hydrogen-bond acceptors (Lipinski definition) is 6. The van der Waals surface area contributed by atoms with Crippen molar-refractivity contribution in [2.24, 2.45) is 0 Å². The molecule has 1 aliphatic rings. The van der Waals surface area contributed by atoms with Crippen molar-refractivity contribution in [3.63, 3.8) is 0 Å². The zero-order valence-electron chi connectivity index (χ0n) is 19.4. The van der Waals surface area contributed by atoms with E-state index >= 15 is 0 Å². The quantitative estimate of drug-likeness (QED) is 0.294. The molecule has 0 radical (unpaired) electrons. The van der Waals surface area contributed by atoms with Crippen LogP contribution in [0.4, 0.5) is 0 Å². The fraction of sp³-hybridized carbons (Fsp3) is 0.407. The summed E-state index contributed by atoms with van der Waals surface area (Å²) in [5.41, 5.74) is 3.30. The van der Waals surface area contributed by atoms with E-state index in [0.29, 0.717) is 6.61 Å². The Labute approximate surface area is 200 Å². The highest BCUT2D eigenvalue weighted by Gasteiger charge is 2.26. The molecule has 33 heavy (non-hydrogen) atoms. The molecule has 0 spiro atoms. The second-order valence-corrected chi connectivity index (χ2v) is 9.66. The molecule has 1 unspecified atom stereocenters. The number of hydrogen-bond donors (Lipinski definition) is 0. The number of carbonyl (C=O) groups excluding carboxylic acids is 1. The molecule has 1 saturated heterocycles. The number of allylic oxidation sites excluding steroid dienone is 1. The van der Waals surface area contributed by atoms with Crippen LogP contribution in [0.3, 0.4) is 0 Å². The maximum absolute atomic E-state index is 10.9. The van der Waals surface area contributed by atoms with E-state index in [1.807, 2.05) is 6.07 Å². The van der Waals surface area contributed by atoms with Crippen molar-refractivity contribution in [3.05, 3.63) is 70.7 Å². The fourth-order valence-corrected chi connectivity index (χ4v) is 5.09. The molecule has 1 atom stereocenters. The third-order valence-electron chi connectivity index (χ3n) is 5.87. The lowest BCUT2D eigenvalue weighted by Gasteiger charge is -2.31. The first-order valence-electron chi connectivity index (χ1n) is 11.7. The molecule has 0 aliphatic carbocycles. The number of benzene rings is 2. The van der Waals surface area contributed by atoms with Gasteiger partial charge in [-0.3, -0.25) is 4.79 Å². The second kappa shape index (κ2) is 11.5. The summed E-state index contributed by atoms with van der Waals surface area (Å²) in [5.74, 6) is -0.225. The highest BCUT2D eigenvalue weighted by atomic mass is 32.1. The first kappa shape index (κ1) is 23.6. The van der Waals surface area contributed by atoms with Crippen molar-refractivity contribution in [2.45, 2.75) is 44.8 Å². The minimum atomic E-state index is -0.225. The van der Waals surface area contributed by atoms with Crippen molar-refractivity contribution in [2.75, 3.05) is 26.7 Å². The van der Waals surface area contributed by atoms with Crippen LogP contribution < -0.4 is 0 Å². The van der Waals surface area contributed by atoms with Crippen molar-refractivity contribution >= 4 is 33.6 Å². The number of thiazole rings is 1. The van der Waals surface area contributed by atoms with Crippen LogP contribution in [-0.2, 0) is 14.3 Å². The molecule has 2 aromatic carbocycles. The van der Waals surface area contributed by atoms with Crippen molar-refractivity contribution < 1.29 is 14.3 Å². The molecule has 174 valence electrons. The number of piperidine rings is 1. The van der Waals surface area contributed by atoms with Crippen LogP contribution in [0.25, 0.3) is 16.3 Å². The molecule has 3 aromatic rings. The van der Waals surface area contributed by atoms with Gasteiger partial charge in [-0.15, -0.1) is 11.3 Å². The smallest absolute Gasteiger partial charge is 0.302 e. The number of aromatic nitrogens is 1. The Hall–Kier alpha value is -2.54. The number of nitrogens with zero attached hydrogens (tertiary/aromatic N) is 2. The minimum absolute atomic E-state index is 0.173. The maximum Gasteiger partial charge on any atom is 0.302 e. The Bertz CT molecular complexity index is 1050. The number of rotatable bonds is 9. The number of para-hydroxylation sites is 1. The van der Waals surface area contributed by atoms with Crippen LogP contribution in [0.15, 0.2) is 54.6 Å². The summed E-state index contributed by atoms with van der Waals surface area (Å²) < 4.78 is 12.9.